The fraction of sp³-hybridized carbons (Fsp3) is 0.167. The molecular formula is C24H19ClFN3O2S. The largest absolute Gasteiger partial charge is 0.347 e. The molecule has 1 N–H and O–H groups in total. The van der Waals surface area contributed by atoms with Crippen LogP contribution in [0, 0.1) is 5.82 Å². The highest BCUT2D eigenvalue weighted by molar-refractivity contribution is 7.15. The van der Waals surface area contributed by atoms with Crippen molar-refractivity contribution in [1.29, 1.82) is 0 Å². The minimum absolute atomic E-state index is 0.174. The number of carbonyl (C=O) groups is 1. The predicted molar refractivity (Wildman–Crippen MR) is 122 cm³/mol. The van der Waals surface area contributed by atoms with Crippen LogP contribution < -0.4 is 0 Å². The van der Waals surface area contributed by atoms with Crippen molar-refractivity contribution in [2.24, 2.45) is 0 Å². The molecule has 5 rings (SSSR count). The Hall–Kier alpha value is -2.84. The van der Waals surface area contributed by atoms with E-state index in [4.69, 9.17) is 11.6 Å². The zero-order valence-corrected chi connectivity index (χ0v) is 18.4. The van der Waals surface area contributed by atoms with E-state index >= 15 is 0 Å². The Balaban J connectivity index is 1.53. The molecule has 1 aromatic heterocycles. The van der Waals surface area contributed by atoms with Gasteiger partial charge in [0, 0.05) is 24.0 Å². The van der Waals surface area contributed by atoms with E-state index in [9.17, 15) is 14.4 Å². The summed E-state index contributed by atoms with van der Waals surface area (Å²) in [6, 6.07) is 12.8. The monoisotopic (exact) mass is 467 g/mol. The predicted octanol–water partition coefficient (Wildman–Crippen LogP) is 5.24. The van der Waals surface area contributed by atoms with Gasteiger partial charge in [-0.2, -0.15) is 5.06 Å². The minimum atomic E-state index is -0.863. The van der Waals surface area contributed by atoms with E-state index in [2.05, 4.69) is 4.98 Å². The molecule has 0 bridgehead atoms. The number of aromatic nitrogens is 1. The molecule has 2 aliphatic rings. The molecule has 3 aromatic rings. The molecule has 0 spiro atoms. The molecule has 2 aromatic carbocycles. The highest BCUT2D eigenvalue weighted by atomic mass is 35.5. The van der Waals surface area contributed by atoms with Gasteiger partial charge in [-0.1, -0.05) is 54.1 Å². The average molecular weight is 468 g/mol. The number of benzene rings is 2. The maximum atomic E-state index is 13.4. The molecule has 5 nitrogen and oxygen atoms in total. The zero-order chi connectivity index (χ0) is 22.2. The summed E-state index contributed by atoms with van der Waals surface area (Å²) in [5, 5.41) is 12.4. The Morgan fingerprint density at radius 3 is 2.75 bits per heavy atom. The third-order valence-electron chi connectivity index (χ3n) is 5.72. The van der Waals surface area contributed by atoms with Gasteiger partial charge in [-0.3, -0.25) is 4.79 Å². The molecule has 0 saturated carbocycles. The fourth-order valence-electron chi connectivity index (χ4n) is 4.21. The summed E-state index contributed by atoms with van der Waals surface area (Å²) in [4.78, 5) is 20.4. The van der Waals surface area contributed by atoms with Gasteiger partial charge in [-0.25, -0.2) is 9.37 Å². The van der Waals surface area contributed by atoms with Crippen molar-refractivity contribution >= 4 is 28.7 Å². The minimum Gasteiger partial charge on any atom is -0.347 e. The fourth-order valence-corrected chi connectivity index (χ4v) is 5.21. The number of rotatable bonds is 4. The number of allylic oxidation sites excluding steroid dienone is 2. The Morgan fingerprint density at radius 1 is 1.19 bits per heavy atom. The smallest absolute Gasteiger partial charge is 0.202 e. The third kappa shape index (κ3) is 3.89. The summed E-state index contributed by atoms with van der Waals surface area (Å²) < 4.78 is 13.8. The second-order valence-corrected chi connectivity index (χ2v) is 9.37. The van der Waals surface area contributed by atoms with Crippen molar-refractivity contribution in [2.45, 2.75) is 18.6 Å². The molecule has 0 radical (unpaired) electrons. The zero-order valence-electron chi connectivity index (χ0n) is 16.9. The van der Waals surface area contributed by atoms with Crippen LogP contribution in [0.1, 0.15) is 16.5 Å². The number of nitrogens with zero attached hydrogens (tertiary/aromatic N) is 3. The summed E-state index contributed by atoms with van der Waals surface area (Å²) in [7, 11) is 0. The Labute approximate surface area is 193 Å². The number of hydrogen-bond acceptors (Lipinski definition) is 6. The lowest BCUT2D eigenvalue weighted by Crippen LogP contribution is -2.57. The lowest BCUT2D eigenvalue weighted by atomic mass is 9.92. The van der Waals surface area contributed by atoms with E-state index in [-0.39, 0.29) is 11.6 Å². The van der Waals surface area contributed by atoms with Gasteiger partial charge in [0.05, 0.1) is 5.70 Å². The van der Waals surface area contributed by atoms with Gasteiger partial charge in [-0.15, -0.1) is 11.3 Å². The average Bonchev–Trinajstić information content (AvgIpc) is 3.22. The van der Waals surface area contributed by atoms with Gasteiger partial charge in [0.2, 0.25) is 5.78 Å². The molecule has 162 valence electrons. The third-order valence-corrected chi connectivity index (χ3v) is 6.86. The first kappa shape index (κ1) is 21.0. The van der Waals surface area contributed by atoms with Crippen LogP contribution in [0.4, 0.5) is 4.39 Å². The molecule has 2 atom stereocenters. The van der Waals surface area contributed by atoms with Gasteiger partial charge in [0.1, 0.15) is 18.0 Å². The van der Waals surface area contributed by atoms with Crippen LogP contribution in [0.5, 0.6) is 0 Å². The van der Waals surface area contributed by atoms with Crippen LogP contribution >= 0.6 is 22.9 Å². The van der Waals surface area contributed by atoms with Crippen LogP contribution in [0.3, 0.4) is 0 Å². The molecule has 0 amide bonds. The number of hydroxylamine groups is 2. The first-order valence-corrected chi connectivity index (χ1v) is 11.3. The van der Waals surface area contributed by atoms with Crippen LogP contribution in [0.2, 0.25) is 4.47 Å². The second-order valence-electron chi connectivity index (χ2n) is 7.68. The van der Waals surface area contributed by atoms with Crippen LogP contribution in [0.15, 0.2) is 78.7 Å². The van der Waals surface area contributed by atoms with Crippen LogP contribution in [-0.4, -0.2) is 38.6 Å². The molecular weight excluding hydrogens is 449 g/mol. The first-order valence-electron chi connectivity index (χ1n) is 10.1. The van der Waals surface area contributed by atoms with E-state index in [1.165, 1.54) is 23.5 Å². The lowest BCUT2D eigenvalue weighted by molar-refractivity contribution is -0.209. The number of ketones is 1. The van der Waals surface area contributed by atoms with Crippen molar-refractivity contribution in [3.8, 4) is 11.1 Å². The van der Waals surface area contributed by atoms with Gasteiger partial charge in [0.15, 0.2) is 4.47 Å². The Bertz CT molecular complexity index is 1220. The van der Waals surface area contributed by atoms with E-state index in [1.807, 2.05) is 41.3 Å². The van der Waals surface area contributed by atoms with Crippen molar-refractivity contribution in [3.05, 3.63) is 99.4 Å². The molecule has 2 unspecified atom stereocenters. The first-order chi connectivity index (χ1) is 15.5. The van der Waals surface area contributed by atoms with E-state index in [0.717, 1.165) is 21.1 Å². The molecule has 32 heavy (non-hydrogen) atoms. The summed E-state index contributed by atoms with van der Waals surface area (Å²) in [6.45, 7) is 0.522. The van der Waals surface area contributed by atoms with Gasteiger partial charge >= 0.3 is 0 Å². The lowest BCUT2D eigenvalue weighted by Gasteiger charge is -2.46. The summed E-state index contributed by atoms with van der Waals surface area (Å²) in [6.07, 6.45) is 7.32. The van der Waals surface area contributed by atoms with E-state index in [0.29, 0.717) is 28.7 Å². The van der Waals surface area contributed by atoms with Crippen LogP contribution in [0.25, 0.3) is 11.1 Å². The number of fused-ring (bicyclic) bond motifs is 1. The summed E-state index contributed by atoms with van der Waals surface area (Å²) >= 11 is 7.36. The second kappa shape index (κ2) is 8.60. The van der Waals surface area contributed by atoms with Gasteiger partial charge in [0.25, 0.3) is 0 Å². The molecule has 3 heterocycles. The summed E-state index contributed by atoms with van der Waals surface area (Å²) in [5.74, 6) is -0.482. The number of carbonyl (C=O) groups excluding carboxylic acids is 1. The highest BCUT2D eigenvalue weighted by Crippen LogP contribution is 2.37. The Kier molecular flexibility index (Phi) is 5.65. The molecule has 2 aliphatic heterocycles. The SMILES string of the molecule is O=C1C2=CC=CCN2C(Cc2cnc(Cl)s2)N(O)C1c1cccc(-c2ccc(F)cc2)c1. The molecule has 8 heteroatoms. The number of thiazole rings is 1. The number of Topliss-reactive ketones (excluding diaryl/α,β-unsaturated/α-hetero) is 1. The highest BCUT2D eigenvalue weighted by Gasteiger charge is 2.44. The van der Waals surface area contributed by atoms with E-state index < -0.39 is 12.2 Å². The van der Waals surface area contributed by atoms with Crippen molar-refractivity contribution in [2.75, 3.05) is 6.54 Å². The van der Waals surface area contributed by atoms with Crippen molar-refractivity contribution in [3.63, 3.8) is 0 Å². The summed E-state index contributed by atoms with van der Waals surface area (Å²) in [5.41, 5.74) is 2.91. The number of hydrogen-bond donors (Lipinski definition) is 1. The molecule has 0 aliphatic carbocycles. The number of halogens is 2. The van der Waals surface area contributed by atoms with Crippen molar-refractivity contribution in [1.82, 2.24) is 14.9 Å². The Morgan fingerprint density at radius 2 is 2.00 bits per heavy atom. The van der Waals surface area contributed by atoms with Crippen LogP contribution in [-0.2, 0) is 11.2 Å². The quantitative estimate of drug-likeness (QED) is 0.568. The molecule has 1 saturated heterocycles. The molecule has 1 fully saturated rings. The van der Waals surface area contributed by atoms with Crippen molar-refractivity contribution < 1.29 is 14.4 Å². The van der Waals surface area contributed by atoms with Gasteiger partial charge < -0.3 is 10.1 Å². The maximum Gasteiger partial charge on any atom is 0.202 e. The standard InChI is InChI=1S/C24H19ClFN3O2S/c25-24-27-14-19(32-24)13-21-28-11-2-1-6-20(28)23(30)22(29(21)31)17-5-3-4-16(12-17)15-7-9-18(26)10-8-15/h1-10,12,14,21-22,31H,11,13H2. The maximum absolute atomic E-state index is 13.4. The van der Waals surface area contributed by atoms with Gasteiger partial charge in [-0.05, 0) is 41.0 Å². The normalized spacial score (nSPS) is 20.9. The van der Waals surface area contributed by atoms with E-state index in [1.54, 1.807) is 24.4 Å². The topological polar surface area (TPSA) is 56.7 Å².